The lowest BCUT2D eigenvalue weighted by molar-refractivity contribution is -0.137. The van der Waals surface area contributed by atoms with Crippen LogP contribution in [-0.4, -0.2) is 33.9 Å². The van der Waals surface area contributed by atoms with Gasteiger partial charge in [0.15, 0.2) is 0 Å². The summed E-state index contributed by atoms with van der Waals surface area (Å²) in [5.41, 5.74) is 1.47. The number of aromatic carboxylic acids is 1. The standard InChI is InChI=1S/C18H15N3O6/c1-18(11-5-3-2-4-6-11)16(25)21(17(26)19-18)20-14(22)10-8-12-7-9-13(27-12)15(23)24/h2-10H,1H3,(H,19,26)(H,20,22)(H,23,24)/b10-8+. The molecule has 4 amide bonds. The topological polar surface area (TPSA) is 129 Å². The van der Waals surface area contributed by atoms with E-state index in [0.717, 1.165) is 6.08 Å². The molecule has 27 heavy (non-hydrogen) atoms. The number of nitrogens with zero attached hydrogens (tertiary/aromatic N) is 1. The second kappa shape index (κ2) is 6.79. The van der Waals surface area contributed by atoms with Crippen LogP contribution in [0.2, 0.25) is 0 Å². The fraction of sp³-hybridized carbons (Fsp3) is 0.111. The first-order valence-corrected chi connectivity index (χ1v) is 7.85. The summed E-state index contributed by atoms with van der Waals surface area (Å²) >= 11 is 0. The fourth-order valence-corrected chi connectivity index (χ4v) is 2.57. The van der Waals surface area contributed by atoms with Crippen molar-refractivity contribution in [2.24, 2.45) is 0 Å². The zero-order chi connectivity index (χ0) is 19.6. The third kappa shape index (κ3) is 3.43. The molecule has 1 aliphatic rings. The van der Waals surface area contributed by atoms with E-state index in [4.69, 9.17) is 9.52 Å². The van der Waals surface area contributed by atoms with Crippen LogP contribution in [-0.2, 0) is 15.1 Å². The molecule has 0 aliphatic carbocycles. The highest BCUT2D eigenvalue weighted by Crippen LogP contribution is 2.27. The van der Waals surface area contributed by atoms with Gasteiger partial charge in [0.05, 0.1) is 0 Å². The van der Waals surface area contributed by atoms with E-state index in [1.807, 2.05) is 0 Å². The molecule has 9 nitrogen and oxygen atoms in total. The van der Waals surface area contributed by atoms with Gasteiger partial charge in [-0.1, -0.05) is 30.3 Å². The highest BCUT2D eigenvalue weighted by molar-refractivity contribution is 6.09. The summed E-state index contributed by atoms with van der Waals surface area (Å²) in [4.78, 5) is 47.5. The van der Waals surface area contributed by atoms with Crippen molar-refractivity contribution in [3.63, 3.8) is 0 Å². The van der Waals surface area contributed by atoms with Gasteiger partial charge < -0.3 is 14.8 Å². The molecule has 1 fully saturated rings. The Labute approximate surface area is 153 Å². The van der Waals surface area contributed by atoms with E-state index in [2.05, 4.69) is 10.7 Å². The summed E-state index contributed by atoms with van der Waals surface area (Å²) in [7, 11) is 0. The Balaban J connectivity index is 1.70. The van der Waals surface area contributed by atoms with Crippen LogP contribution >= 0.6 is 0 Å². The predicted molar refractivity (Wildman–Crippen MR) is 92.0 cm³/mol. The van der Waals surface area contributed by atoms with Gasteiger partial charge in [-0.3, -0.25) is 15.0 Å². The lowest BCUT2D eigenvalue weighted by Crippen LogP contribution is -2.47. The average molecular weight is 369 g/mol. The molecule has 0 bridgehead atoms. The predicted octanol–water partition coefficient (Wildman–Crippen LogP) is 1.49. The number of hydrazine groups is 1. The summed E-state index contributed by atoms with van der Waals surface area (Å²) < 4.78 is 4.97. The quantitative estimate of drug-likeness (QED) is 0.541. The third-order valence-electron chi connectivity index (χ3n) is 4.00. The second-order valence-corrected chi connectivity index (χ2v) is 5.88. The molecule has 0 radical (unpaired) electrons. The Morgan fingerprint density at radius 1 is 1.19 bits per heavy atom. The molecule has 3 rings (SSSR count). The van der Waals surface area contributed by atoms with Gasteiger partial charge in [-0.15, -0.1) is 0 Å². The molecule has 1 aliphatic heterocycles. The lowest BCUT2D eigenvalue weighted by atomic mass is 9.92. The van der Waals surface area contributed by atoms with Gasteiger partial charge >= 0.3 is 12.0 Å². The summed E-state index contributed by atoms with van der Waals surface area (Å²) in [5.74, 6) is -2.77. The van der Waals surface area contributed by atoms with Crippen molar-refractivity contribution in [2.45, 2.75) is 12.5 Å². The number of furan rings is 1. The second-order valence-electron chi connectivity index (χ2n) is 5.88. The summed E-state index contributed by atoms with van der Waals surface area (Å²) in [6.07, 6.45) is 2.24. The van der Waals surface area contributed by atoms with Crippen LogP contribution in [0.15, 0.2) is 53.0 Å². The van der Waals surface area contributed by atoms with E-state index < -0.39 is 29.4 Å². The minimum Gasteiger partial charge on any atom is -0.475 e. The maximum Gasteiger partial charge on any atom is 0.371 e. The highest BCUT2D eigenvalue weighted by Gasteiger charge is 2.49. The van der Waals surface area contributed by atoms with Crippen molar-refractivity contribution < 1.29 is 28.7 Å². The maximum absolute atomic E-state index is 12.6. The number of rotatable bonds is 5. The number of carbonyl (C=O) groups excluding carboxylic acids is 3. The molecule has 2 heterocycles. The van der Waals surface area contributed by atoms with Crippen molar-refractivity contribution in [3.05, 3.63) is 65.6 Å². The number of carbonyl (C=O) groups is 4. The first kappa shape index (κ1) is 17.9. The van der Waals surface area contributed by atoms with E-state index in [-0.39, 0.29) is 11.5 Å². The van der Waals surface area contributed by atoms with Crippen LogP contribution in [0.4, 0.5) is 4.79 Å². The van der Waals surface area contributed by atoms with Gasteiger partial charge in [0, 0.05) is 6.08 Å². The normalized spacial score (nSPS) is 19.4. The fourth-order valence-electron chi connectivity index (χ4n) is 2.57. The Bertz CT molecular complexity index is 949. The Kier molecular flexibility index (Phi) is 4.51. The van der Waals surface area contributed by atoms with Crippen molar-refractivity contribution in [1.82, 2.24) is 15.8 Å². The minimum atomic E-state index is -1.30. The molecule has 2 aromatic rings. The minimum absolute atomic E-state index is 0.133. The number of hydrogen-bond donors (Lipinski definition) is 3. The van der Waals surface area contributed by atoms with Crippen molar-refractivity contribution in [3.8, 4) is 0 Å². The van der Waals surface area contributed by atoms with E-state index in [1.165, 1.54) is 18.2 Å². The number of hydrogen-bond acceptors (Lipinski definition) is 5. The van der Waals surface area contributed by atoms with Crippen LogP contribution in [0.5, 0.6) is 0 Å². The summed E-state index contributed by atoms with van der Waals surface area (Å²) in [6.45, 7) is 1.54. The summed E-state index contributed by atoms with van der Waals surface area (Å²) in [6, 6.07) is 10.5. The maximum atomic E-state index is 12.6. The number of benzene rings is 1. The van der Waals surface area contributed by atoms with Crippen LogP contribution in [0, 0.1) is 0 Å². The van der Waals surface area contributed by atoms with Crippen LogP contribution in [0.1, 0.15) is 28.8 Å². The molecule has 1 atom stereocenters. The smallest absolute Gasteiger partial charge is 0.371 e. The molecule has 1 aromatic heterocycles. The number of imide groups is 1. The van der Waals surface area contributed by atoms with Gasteiger partial charge in [0.25, 0.3) is 11.8 Å². The average Bonchev–Trinajstić information content (AvgIpc) is 3.21. The van der Waals surface area contributed by atoms with Crippen LogP contribution in [0.25, 0.3) is 6.08 Å². The SMILES string of the molecule is CC1(c2ccccc2)NC(=O)N(NC(=O)/C=C/c2ccc(C(=O)O)o2)C1=O. The number of urea groups is 1. The molecular weight excluding hydrogens is 354 g/mol. The monoisotopic (exact) mass is 369 g/mol. The van der Waals surface area contributed by atoms with E-state index >= 15 is 0 Å². The number of carboxylic acids is 1. The highest BCUT2D eigenvalue weighted by atomic mass is 16.4. The number of carboxylic acid groups (broad SMARTS) is 1. The molecule has 0 saturated carbocycles. The van der Waals surface area contributed by atoms with E-state index in [9.17, 15) is 19.2 Å². The number of amides is 4. The zero-order valence-electron chi connectivity index (χ0n) is 14.1. The van der Waals surface area contributed by atoms with Crippen molar-refractivity contribution in [2.75, 3.05) is 0 Å². The molecule has 1 aromatic carbocycles. The van der Waals surface area contributed by atoms with Crippen LogP contribution < -0.4 is 10.7 Å². The third-order valence-corrected chi connectivity index (χ3v) is 4.00. The summed E-state index contributed by atoms with van der Waals surface area (Å²) in [5, 5.41) is 11.9. The Morgan fingerprint density at radius 2 is 1.89 bits per heavy atom. The Hall–Kier alpha value is -3.88. The molecule has 9 heteroatoms. The molecule has 138 valence electrons. The Morgan fingerprint density at radius 3 is 2.52 bits per heavy atom. The molecule has 0 spiro atoms. The van der Waals surface area contributed by atoms with Crippen molar-refractivity contribution in [1.29, 1.82) is 0 Å². The first-order valence-electron chi connectivity index (χ1n) is 7.85. The molecule has 1 unspecified atom stereocenters. The van der Waals surface area contributed by atoms with Gasteiger partial charge in [-0.2, -0.15) is 5.01 Å². The first-order chi connectivity index (χ1) is 12.8. The molecular formula is C18H15N3O6. The molecule has 1 saturated heterocycles. The van der Waals surface area contributed by atoms with E-state index in [0.29, 0.717) is 10.6 Å². The zero-order valence-corrected chi connectivity index (χ0v) is 14.1. The number of nitrogens with one attached hydrogen (secondary N) is 2. The lowest BCUT2D eigenvalue weighted by Gasteiger charge is -2.21. The van der Waals surface area contributed by atoms with Crippen molar-refractivity contribution >= 4 is 29.9 Å². The van der Waals surface area contributed by atoms with E-state index in [1.54, 1.807) is 37.3 Å². The van der Waals surface area contributed by atoms with Gasteiger partial charge in [-0.05, 0) is 30.7 Å². The van der Waals surface area contributed by atoms with Gasteiger partial charge in [0.2, 0.25) is 5.76 Å². The van der Waals surface area contributed by atoms with Crippen LogP contribution in [0.3, 0.4) is 0 Å². The van der Waals surface area contributed by atoms with Gasteiger partial charge in [0.1, 0.15) is 11.3 Å². The van der Waals surface area contributed by atoms with Gasteiger partial charge in [-0.25, -0.2) is 9.59 Å². The molecule has 3 N–H and O–H groups in total. The largest absolute Gasteiger partial charge is 0.475 e.